The van der Waals surface area contributed by atoms with E-state index in [-0.39, 0.29) is 17.4 Å². The largest absolute Gasteiger partial charge is 0.383 e. The second kappa shape index (κ2) is 8.17. The van der Waals surface area contributed by atoms with Gasteiger partial charge in [-0.1, -0.05) is 0 Å². The van der Waals surface area contributed by atoms with Crippen LogP contribution in [0.4, 0.5) is 0 Å². The average Bonchev–Trinajstić information content (AvgIpc) is 2.45. The number of primary amides is 1. The highest BCUT2D eigenvalue weighted by Crippen LogP contribution is 2.17. The molecule has 1 aliphatic heterocycles. The van der Waals surface area contributed by atoms with Crippen LogP contribution in [0.2, 0.25) is 0 Å². The molecule has 20 heavy (non-hydrogen) atoms. The first-order valence-electron chi connectivity index (χ1n) is 6.51. The van der Waals surface area contributed by atoms with Gasteiger partial charge in [-0.15, -0.1) is 0 Å². The van der Waals surface area contributed by atoms with Crippen LogP contribution in [-0.4, -0.2) is 50.1 Å². The van der Waals surface area contributed by atoms with Gasteiger partial charge in [0.25, 0.3) is 5.91 Å². The van der Waals surface area contributed by atoms with Crippen LogP contribution in [-0.2, 0) is 14.3 Å². The molecule has 1 fully saturated rings. The Hall–Kier alpha value is -2.07. The molecular formula is C13H20N4O3. The Balaban J connectivity index is 2.52. The van der Waals surface area contributed by atoms with Gasteiger partial charge in [-0.25, -0.2) is 0 Å². The summed E-state index contributed by atoms with van der Waals surface area (Å²) in [7, 11) is 1.54. The third-order valence-electron chi connectivity index (χ3n) is 3.20. The second-order valence-corrected chi connectivity index (χ2v) is 4.62. The van der Waals surface area contributed by atoms with E-state index in [1.54, 1.807) is 6.20 Å². The molecule has 0 aromatic carbocycles. The number of hydrogen-bond acceptors (Lipinski definition) is 5. The van der Waals surface area contributed by atoms with Crippen molar-refractivity contribution in [2.45, 2.75) is 12.8 Å². The Bertz CT molecular complexity index is 420. The molecule has 1 rings (SSSR count). The third-order valence-corrected chi connectivity index (χ3v) is 3.20. The van der Waals surface area contributed by atoms with Crippen LogP contribution in [0.1, 0.15) is 12.8 Å². The normalized spacial score (nSPS) is 16.6. The zero-order chi connectivity index (χ0) is 15.0. The van der Waals surface area contributed by atoms with E-state index >= 15 is 0 Å². The Labute approximate surface area is 118 Å². The molecule has 0 atom stereocenters. The molecule has 1 heterocycles. The zero-order valence-corrected chi connectivity index (χ0v) is 11.6. The predicted octanol–water partition coefficient (Wildman–Crippen LogP) is -0.646. The zero-order valence-electron chi connectivity index (χ0n) is 11.6. The van der Waals surface area contributed by atoms with Crippen molar-refractivity contribution < 1.29 is 14.3 Å². The number of carbonyl (C=O) groups excluding carboxylic acids is 2. The number of ether oxygens (including phenoxy) is 1. The van der Waals surface area contributed by atoms with E-state index in [9.17, 15) is 9.59 Å². The molecule has 0 aromatic heterocycles. The van der Waals surface area contributed by atoms with E-state index < -0.39 is 5.91 Å². The van der Waals surface area contributed by atoms with E-state index in [1.807, 2.05) is 11.0 Å². The molecule has 2 amide bonds. The number of nitrogens with zero attached hydrogens (tertiary/aromatic N) is 2. The minimum Gasteiger partial charge on any atom is -0.383 e. The predicted molar refractivity (Wildman–Crippen MR) is 72.1 cm³/mol. The van der Waals surface area contributed by atoms with Crippen molar-refractivity contribution in [2.75, 3.05) is 33.4 Å². The summed E-state index contributed by atoms with van der Waals surface area (Å²) in [4.78, 5) is 24.7. The maximum absolute atomic E-state index is 11.7. The topological polar surface area (TPSA) is 108 Å². The Morgan fingerprint density at radius 1 is 1.50 bits per heavy atom. The van der Waals surface area contributed by atoms with Gasteiger partial charge < -0.3 is 20.7 Å². The van der Waals surface area contributed by atoms with Gasteiger partial charge in [0, 0.05) is 38.9 Å². The van der Waals surface area contributed by atoms with Crippen molar-refractivity contribution in [2.24, 2.45) is 11.7 Å². The summed E-state index contributed by atoms with van der Waals surface area (Å²) >= 11 is 0. The second-order valence-electron chi connectivity index (χ2n) is 4.62. The summed E-state index contributed by atoms with van der Waals surface area (Å²) in [6.07, 6.45) is 2.84. The number of nitrogens with one attached hydrogen (secondary N) is 1. The van der Waals surface area contributed by atoms with Crippen molar-refractivity contribution in [3.63, 3.8) is 0 Å². The first kappa shape index (κ1) is 16.0. The van der Waals surface area contributed by atoms with E-state index in [2.05, 4.69) is 5.32 Å². The lowest BCUT2D eigenvalue weighted by Crippen LogP contribution is -2.37. The highest BCUT2D eigenvalue weighted by atomic mass is 16.5. The fraction of sp³-hybridized carbons (Fsp3) is 0.615. The number of methoxy groups -OCH3 is 1. The van der Waals surface area contributed by atoms with Gasteiger partial charge in [0.15, 0.2) is 0 Å². The van der Waals surface area contributed by atoms with Crippen molar-refractivity contribution in [3.05, 3.63) is 11.8 Å². The van der Waals surface area contributed by atoms with Crippen molar-refractivity contribution in [3.8, 4) is 6.07 Å². The van der Waals surface area contributed by atoms with Gasteiger partial charge in [0.2, 0.25) is 5.91 Å². The molecule has 0 aromatic rings. The lowest BCUT2D eigenvalue weighted by atomic mass is 9.96. The third kappa shape index (κ3) is 4.90. The number of nitriles is 1. The van der Waals surface area contributed by atoms with Crippen LogP contribution in [0.3, 0.4) is 0 Å². The summed E-state index contributed by atoms with van der Waals surface area (Å²) < 4.78 is 4.82. The molecule has 0 bridgehead atoms. The molecule has 0 radical (unpaired) electrons. The minimum atomic E-state index is -0.415. The van der Waals surface area contributed by atoms with Crippen LogP contribution in [0.15, 0.2) is 11.8 Å². The minimum absolute atomic E-state index is 0.0543. The summed E-state index contributed by atoms with van der Waals surface area (Å²) in [6, 6.07) is 1.88. The van der Waals surface area contributed by atoms with Crippen LogP contribution in [0.25, 0.3) is 0 Å². The van der Waals surface area contributed by atoms with Gasteiger partial charge in [-0.3, -0.25) is 9.59 Å². The standard InChI is InChI=1S/C13H20N4O3/c1-20-7-4-16-13(19)11(8-14)9-17-5-2-10(3-6-17)12(15)18/h9-10H,2-7H2,1H3,(H2,15,18)(H,16,19)/b11-9-. The maximum atomic E-state index is 11.7. The molecule has 3 N–H and O–H groups in total. The van der Waals surface area contributed by atoms with E-state index in [0.29, 0.717) is 39.1 Å². The summed E-state index contributed by atoms with van der Waals surface area (Å²) in [5.41, 5.74) is 5.31. The number of nitrogens with two attached hydrogens (primary N) is 1. The van der Waals surface area contributed by atoms with Gasteiger partial charge in [0.05, 0.1) is 6.61 Å². The SMILES string of the molecule is COCCNC(=O)/C(C#N)=C\N1CCC(C(N)=O)CC1. The Kier molecular flexibility index (Phi) is 6.53. The van der Waals surface area contributed by atoms with Crippen molar-refractivity contribution >= 4 is 11.8 Å². The maximum Gasteiger partial charge on any atom is 0.263 e. The molecule has 1 saturated heterocycles. The fourth-order valence-electron chi connectivity index (χ4n) is 2.00. The number of rotatable bonds is 6. The Morgan fingerprint density at radius 2 is 2.15 bits per heavy atom. The first-order chi connectivity index (χ1) is 9.58. The molecule has 0 aliphatic carbocycles. The van der Waals surface area contributed by atoms with Gasteiger partial charge in [0.1, 0.15) is 11.6 Å². The number of carbonyl (C=O) groups is 2. The highest BCUT2D eigenvalue weighted by molar-refractivity contribution is 5.97. The lowest BCUT2D eigenvalue weighted by molar-refractivity contribution is -0.123. The summed E-state index contributed by atoms with van der Waals surface area (Å²) in [5, 5.41) is 11.6. The van der Waals surface area contributed by atoms with Gasteiger partial charge in [-0.05, 0) is 12.8 Å². The molecule has 0 spiro atoms. The first-order valence-corrected chi connectivity index (χ1v) is 6.51. The molecule has 0 saturated carbocycles. The van der Waals surface area contributed by atoms with Crippen LogP contribution >= 0.6 is 0 Å². The van der Waals surface area contributed by atoms with Gasteiger partial charge in [-0.2, -0.15) is 5.26 Å². The van der Waals surface area contributed by atoms with Crippen molar-refractivity contribution in [1.82, 2.24) is 10.2 Å². The molecule has 7 nitrogen and oxygen atoms in total. The average molecular weight is 280 g/mol. The fourth-order valence-corrected chi connectivity index (χ4v) is 2.00. The van der Waals surface area contributed by atoms with E-state index in [1.165, 1.54) is 7.11 Å². The van der Waals surface area contributed by atoms with Crippen molar-refractivity contribution in [1.29, 1.82) is 5.26 Å². The van der Waals surface area contributed by atoms with Gasteiger partial charge >= 0.3 is 0 Å². The molecule has 1 aliphatic rings. The van der Waals surface area contributed by atoms with E-state index in [0.717, 1.165) is 0 Å². The number of likely N-dealkylation sites (tertiary alicyclic amines) is 1. The number of piperidine rings is 1. The Morgan fingerprint density at radius 3 is 2.65 bits per heavy atom. The highest BCUT2D eigenvalue weighted by Gasteiger charge is 2.22. The quantitative estimate of drug-likeness (QED) is 0.382. The van der Waals surface area contributed by atoms with Crippen LogP contribution in [0.5, 0.6) is 0 Å². The molecule has 7 heteroatoms. The van der Waals surface area contributed by atoms with Crippen LogP contribution < -0.4 is 11.1 Å². The number of amides is 2. The van der Waals surface area contributed by atoms with Crippen LogP contribution in [0, 0.1) is 17.2 Å². The summed E-state index contributed by atoms with van der Waals surface area (Å²) in [5.74, 6) is -0.811. The monoisotopic (exact) mass is 280 g/mol. The molecular weight excluding hydrogens is 260 g/mol. The lowest BCUT2D eigenvalue weighted by Gasteiger charge is -2.29. The smallest absolute Gasteiger partial charge is 0.263 e. The number of hydrogen-bond donors (Lipinski definition) is 2. The molecule has 110 valence electrons. The molecule has 0 unspecified atom stereocenters. The van der Waals surface area contributed by atoms with E-state index in [4.69, 9.17) is 15.7 Å². The summed E-state index contributed by atoms with van der Waals surface area (Å²) in [6.45, 7) is 1.99.